The van der Waals surface area contributed by atoms with E-state index < -0.39 is 0 Å². The highest BCUT2D eigenvalue weighted by molar-refractivity contribution is 9.10. The number of hydrogen-bond acceptors (Lipinski definition) is 2. The second-order valence-electron chi connectivity index (χ2n) is 4.79. The zero-order valence-corrected chi connectivity index (χ0v) is 15.1. The van der Waals surface area contributed by atoms with E-state index in [2.05, 4.69) is 21.2 Å². The number of anilines is 1. The molecule has 0 radical (unpaired) electrons. The van der Waals surface area contributed by atoms with Gasteiger partial charge in [-0.2, -0.15) is 0 Å². The molecule has 0 bridgehead atoms. The van der Waals surface area contributed by atoms with E-state index in [4.69, 9.17) is 27.9 Å². The summed E-state index contributed by atoms with van der Waals surface area (Å²) >= 11 is 15.5. The van der Waals surface area contributed by atoms with Crippen LogP contribution in [0.4, 0.5) is 5.69 Å². The SMILES string of the molecule is Cc1cc(OCC(=O)Nc2cccc(Cl)c2)c(Br)c(C)c1Cl. The van der Waals surface area contributed by atoms with Crippen LogP contribution in [0, 0.1) is 13.8 Å². The third kappa shape index (κ3) is 4.15. The molecule has 1 N–H and O–H groups in total. The van der Waals surface area contributed by atoms with E-state index in [-0.39, 0.29) is 12.5 Å². The lowest BCUT2D eigenvalue weighted by Gasteiger charge is -2.13. The Kier molecular flexibility index (Phi) is 5.73. The zero-order chi connectivity index (χ0) is 16.3. The van der Waals surface area contributed by atoms with Gasteiger partial charge in [-0.15, -0.1) is 0 Å². The number of rotatable bonds is 4. The minimum atomic E-state index is -0.264. The molecule has 3 nitrogen and oxygen atoms in total. The van der Waals surface area contributed by atoms with Crippen LogP contribution in [0.2, 0.25) is 10.0 Å². The van der Waals surface area contributed by atoms with E-state index in [1.165, 1.54) is 0 Å². The van der Waals surface area contributed by atoms with Crippen molar-refractivity contribution in [1.29, 1.82) is 0 Å². The molecule has 0 saturated carbocycles. The summed E-state index contributed by atoms with van der Waals surface area (Å²) in [4.78, 5) is 11.9. The number of halogens is 3. The molecule has 0 aliphatic heterocycles. The third-order valence-electron chi connectivity index (χ3n) is 3.04. The summed E-state index contributed by atoms with van der Waals surface area (Å²) in [6, 6.07) is 8.74. The van der Waals surface area contributed by atoms with E-state index in [1.807, 2.05) is 13.8 Å². The average Bonchev–Trinajstić information content (AvgIpc) is 2.47. The average molecular weight is 403 g/mol. The van der Waals surface area contributed by atoms with E-state index in [9.17, 15) is 4.79 Å². The standard InChI is InChI=1S/C16H14BrCl2NO2/c1-9-6-13(15(17)10(2)16(9)19)22-8-14(21)20-12-5-3-4-11(18)7-12/h3-7H,8H2,1-2H3,(H,20,21). The summed E-state index contributed by atoms with van der Waals surface area (Å²) in [5.41, 5.74) is 2.41. The van der Waals surface area contributed by atoms with Crippen molar-refractivity contribution in [2.24, 2.45) is 0 Å². The van der Waals surface area contributed by atoms with E-state index in [0.717, 1.165) is 15.6 Å². The van der Waals surface area contributed by atoms with Gasteiger partial charge in [0, 0.05) is 15.7 Å². The Morgan fingerprint density at radius 3 is 2.68 bits per heavy atom. The fourth-order valence-electron chi connectivity index (χ4n) is 1.91. The van der Waals surface area contributed by atoms with Crippen molar-refractivity contribution >= 4 is 50.7 Å². The van der Waals surface area contributed by atoms with Crippen LogP contribution in [-0.2, 0) is 4.79 Å². The highest BCUT2D eigenvalue weighted by Crippen LogP contribution is 2.35. The number of ether oxygens (including phenoxy) is 1. The number of benzene rings is 2. The Balaban J connectivity index is 2.03. The molecule has 0 heterocycles. The second kappa shape index (κ2) is 7.36. The lowest BCUT2D eigenvalue weighted by molar-refractivity contribution is -0.118. The third-order valence-corrected chi connectivity index (χ3v) is 4.84. The van der Waals surface area contributed by atoms with E-state index >= 15 is 0 Å². The maximum absolute atomic E-state index is 11.9. The normalized spacial score (nSPS) is 10.4. The molecule has 1 amide bonds. The summed E-state index contributed by atoms with van der Waals surface area (Å²) < 4.78 is 6.32. The fraction of sp³-hybridized carbons (Fsp3) is 0.188. The molecule has 0 saturated heterocycles. The van der Waals surface area contributed by atoms with Gasteiger partial charge >= 0.3 is 0 Å². The first-order chi connectivity index (χ1) is 10.4. The first-order valence-corrected chi connectivity index (χ1v) is 8.07. The van der Waals surface area contributed by atoms with E-state index in [0.29, 0.717) is 21.5 Å². The predicted molar refractivity (Wildman–Crippen MR) is 94.2 cm³/mol. The Hall–Kier alpha value is -1.23. The van der Waals surface area contributed by atoms with Crippen LogP contribution in [0.5, 0.6) is 5.75 Å². The van der Waals surface area contributed by atoms with Gasteiger partial charge in [-0.1, -0.05) is 29.3 Å². The molecule has 2 rings (SSSR count). The quantitative estimate of drug-likeness (QED) is 0.744. The monoisotopic (exact) mass is 401 g/mol. The first-order valence-electron chi connectivity index (χ1n) is 6.52. The van der Waals surface area contributed by atoms with Gasteiger partial charge in [-0.05, 0) is 65.2 Å². The molecule has 0 aliphatic carbocycles. The van der Waals surface area contributed by atoms with Gasteiger partial charge in [-0.3, -0.25) is 4.79 Å². The zero-order valence-electron chi connectivity index (χ0n) is 12.0. The molecule has 0 fully saturated rings. The number of amides is 1. The molecule has 116 valence electrons. The Morgan fingerprint density at radius 1 is 1.27 bits per heavy atom. The number of hydrogen-bond donors (Lipinski definition) is 1. The van der Waals surface area contributed by atoms with Gasteiger partial charge in [0.05, 0.1) is 4.47 Å². The van der Waals surface area contributed by atoms with Gasteiger partial charge in [0.15, 0.2) is 6.61 Å². The summed E-state index contributed by atoms with van der Waals surface area (Å²) in [6.45, 7) is 3.67. The van der Waals surface area contributed by atoms with Crippen LogP contribution < -0.4 is 10.1 Å². The van der Waals surface area contributed by atoms with Crippen LogP contribution in [0.25, 0.3) is 0 Å². The topological polar surface area (TPSA) is 38.3 Å². The molecule has 6 heteroatoms. The molecule has 0 aliphatic rings. The highest BCUT2D eigenvalue weighted by atomic mass is 79.9. The number of aryl methyl sites for hydroxylation is 1. The molecule has 0 atom stereocenters. The van der Waals surface area contributed by atoms with Crippen LogP contribution in [0.3, 0.4) is 0 Å². The second-order valence-corrected chi connectivity index (χ2v) is 6.40. The van der Waals surface area contributed by atoms with Crippen molar-refractivity contribution in [3.63, 3.8) is 0 Å². The van der Waals surface area contributed by atoms with Crippen molar-refractivity contribution in [3.05, 3.63) is 56.0 Å². The van der Waals surface area contributed by atoms with Crippen molar-refractivity contribution in [2.75, 3.05) is 11.9 Å². The molecular weight excluding hydrogens is 389 g/mol. The van der Waals surface area contributed by atoms with Crippen LogP contribution in [0.1, 0.15) is 11.1 Å². The largest absolute Gasteiger partial charge is 0.483 e. The van der Waals surface area contributed by atoms with Gasteiger partial charge in [0.2, 0.25) is 0 Å². The summed E-state index contributed by atoms with van der Waals surface area (Å²) in [6.07, 6.45) is 0. The van der Waals surface area contributed by atoms with Crippen LogP contribution in [0.15, 0.2) is 34.8 Å². The minimum absolute atomic E-state index is 0.106. The number of carbonyl (C=O) groups is 1. The smallest absolute Gasteiger partial charge is 0.262 e. The molecule has 0 spiro atoms. The Bertz CT molecular complexity index is 720. The lowest BCUT2D eigenvalue weighted by Crippen LogP contribution is -2.20. The summed E-state index contributed by atoms with van der Waals surface area (Å²) in [5.74, 6) is 0.320. The van der Waals surface area contributed by atoms with Gasteiger partial charge < -0.3 is 10.1 Å². The number of carbonyl (C=O) groups excluding carboxylic acids is 1. The van der Waals surface area contributed by atoms with Gasteiger partial charge in [0.25, 0.3) is 5.91 Å². The summed E-state index contributed by atoms with van der Waals surface area (Å²) in [5, 5.41) is 3.97. The number of nitrogens with one attached hydrogen (secondary N) is 1. The molecule has 0 unspecified atom stereocenters. The molecular formula is C16H14BrCl2NO2. The van der Waals surface area contributed by atoms with E-state index in [1.54, 1.807) is 30.3 Å². The Labute approximate surface area is 147 Å². The molecule has 22 heavy (non-hydrogen) atoms. The maximum atomic E-state index is 11.9. The van der Waals surface area contributed by atoms with Crippen molar-refractivity contribution in [3.8, 4) is 5.75 Å². The lowest BCUT2D eigenvalue weighted by atomic mass is 10.1. The van der Waals surface area contributed by atoms with Crippen molar-refractivity contribution < 1.29 is 9.53 Å². The van der Waals surface area contributed by atoms with Gasteiger partial charge in [-0.25, -0.2) is 0 Å². The maximum Gasteiger partial charge on any atom is 0.262 e. The fourth-order valence-corrected chi connectivity index (χ4v) is 2.79. The predicted octanol–water partition coefficient (Wildman–Crippen LogP) is 5.39. The van der Waals surface area contributed by atoms with Crippen LogP contribution >= 0.6 is 39.1 Å². The molecule has 0 aromatic heterocycles. The summed E-state index contributed by atoms with van der Waals surface area (Å²) in [7, 11) is 0. The van der Waals surface area contributed by atoms with Crippen molar-refractivity contribution in [2.45, 2.75) is 13.8 Å². The first kappa shape index (κ1) is 17.1. The van der Waals surface area contributed by atoms with Crippen molar-refractivity contribution in [1.82, 2.24) is 0 Å². The highest BCUT2D eigenvalue weighted by Gasteiger charge is 2.12. The Morgan fingerprint density at radius 2 is 2.00 bits per heavy atom. The minimum Gasteiger partial charge on any atom is -0.483 e. The molecule has 2 aromatic rings. The molecule has 2 aromatic carbocycles. The van der Waals surface area contributed by atoms with Gasteiger partial charge in [0.1, 0.15) is 5.75 Å². The van der Waals surface area contributed by atoms with Crippen LogP contribution in [-0.4, -0.2) is 12.5 Å².